The highest BCUT2D eigenvalue weighted by molar-refractivity contribution is 6.45. The van der Waals surface area contributed by atoms with Gasteiger partial charge >= 0.3 is 0 Å². The summed E-state index contributed by atoms with van der Waals surface area (Å²) in [6, 6.07) is 22.0. The van der Waals surface area contributed by atoms with E-state index in [2.05, 4.69) is 51.3 Å². The Labute approximate surface area is 235 Å². The minimum absolute atomic E-state index is 0.0898. The van der Waals surface area contributed by atoms with Gasteiger partial charge in [0.15, 0.2) is 0 Å². The van der Waals surface area contributed by atoms with E-state index in [1.165, 1.54) is 16.3 Å². The molecule has 3 aromatic rings. The van der Waals surface area contributed by atoms with Gasteiger partial charge in [0.2, 0.25) is 11.7 Å². The van der Waals surface area contributed by atoms with Crippen molar-refractivity contribution in [2.75, 3.05) is 19.6 Å². The van der Waals surface area contributed by atoms with E-state index >= 15 is 0 Å². The topological polar surface area (TPSA) is 106 Å². The van der Waals surface area contributed by atoms with Gasteiger partial charge in [-0.1, -0.05) is 72.8 Å². The lowest BCUT2D eigenvalue weighted by Crippen LogP contribution is -2.28. The highest BCUT2D eigenvalue weighted by Crippen LogP contribution is 2.51. The van der Waals surface area contributed by atoms with Gasteiger partial charge < -0.3 is 21.4 Å². The molecule has 7 nitrogen and oxygen atoms in total. The second-order valence-electron chi connectivity index (χ2n) is 10.4. The van der Waals surface area contributed by atoms with Gasteiger partial charge in [-0.25, -0.2) is 0 Å². The minimum atomic E-state index is -0.265. The molecule has 3 aromatic carbocycles. The summed E-state index contributed by atoms with van der Waals surface area (Å²) in [5.74, 6) is -0.355. The highest BCUT2D eigenvalue weighted by atomic mass is 16.1. The number of amides is 1. The van der Waals surface area contributed by atoms with Crippen LogP contribution in [0.1, 0.15) is 47.2 Å². The first-order chi connectivity index (χ1) is 19.5. The summed E-state index contributed by atoms with van der Waals surface area (Å²) < 4.78 is 0. The molecule has 0 unspecified atom stereocenters. The number of nitrogens with one attached hydrogen (secondary N) is 4. The number of nitrogens with zero attached hydrogens (tertiary/aromatic N) is 1. The number of aliphatic imine (C=N–C) groups is 1. The minimum Gasteiger partial charge on any atom is -0.379 e. The lowest BCUT2D eigenvalue weighted by Gasteiger charge is -2.18. The molecule has 204 valence electrons. The van der Waals surface area contributed by atoms with Crippen molar-refractivity contribution in [1.82, 2.24) is 16.0 Å². The van der Waals surface area contributed by atoms with Crippen molar-refractivity contribution >= 4 is 34.4 Å². The number of carbonyl (C=O) groups excluding carboxylic acids is 2. The molecular formula is C33H35N5O2. The number of Topliss-reactive ketones (excluding diaryl/α,β-unsaturated/α-hetero) is 1. The van der Waals surface area contributed by atoms with E-state index < -0.39 is 0 Å². The molecule has 1 heterocycles. The van der Waals surface area contributed by atoms with E-state index in [9.17, 15) is 9.59 Å². The fraction of sp³-hybridized carbons (Fsp3) is 0.273. The molecule has 1 amide bonds. The average molecular weight is 534 g/mol. The number of hydrogen-bond donors (Lipinski definition) is 4. The molecule has 40 heavy (non-hydrogen) atoms. The summed E-state index contributed by atoms with van der Waals surface area (Å²) in [5, 5.41) is 20.4. The van der Waals surface area contributed by atoms with E-state index in [1.807, 2.05) is 48.7 Å². The normalized spacial score (nSPS) is 15.4. The SMILES string of the molecule is N=C(CC1(c2ccc3ccccc3c2)CC1)C(=O)c1ccccc1CNC(=O)CCNC/C=C/C1=CN=CCN1. The molecule has 0 spiro atoms. The van der Waals surface area contributed by atoms with E-state index in [-0.39, 0.29) is 29.4 Å². The van der Waals surface area contributed by atoms with E-state index in [4.69, 9.17) is 5.41 Å². The lowest BCUT2D eigenvalue weighted by molar-refractivity contribution is -0.121. The van der Waals surface area contributed by atoms with Gasteiger partial charge in [0, 0.05) is 55.9 Å². The quantitative estimate of drug-likeness (QED) is 0.143. The van der Waals surface area contributed by atoms with Crippen molar-refractivity contribution in [2.45, 2.75) is 37.6 Å². The third-order valence-corrected chi connectivity index (χ3v) is 7.55. The Morgan fingerprint density at radius 1 is 1.02 bits per heavy atom. The first kappa shape index (κ1) is 27.2. The zero-order valence-corrected chi connectivity index (χ0v) is 22.6. The van der Waals surface area contributed by atoms with Crippen LogP contribution in [0.5, 0.6) is 0 Å². The number of hydrogen-bond acceptors (Lipinski definition) is 6. The first-order valence-corrected chi connectivity index (χ1v) is 13.8. The molecule has 0 radical (unpaired) electrons. The molecule has 0 saturated heterocycles. The van der Waals surface area contributed by atoms with E-state index in [0.29, 0.717) is 31.5 Å². The van der Waals surface area contributed by atoms with Crippen molar-refractivity contribution in [1.29, 1.82) is 5.41 Å². The Morgan fingerprint density at radius 3 is 2.62 bits per heavy atom. The number of benzene rings is 3. The molecular weight excluding hydrogens is 498 g/mol. The van der Waals surface area contributed by atoms with Gasteiger partial charge in [0.1, 0.15) is 0 Å². The first-order valence-electron chi connectivity index (χ1n) is 13.8. The predicted molar refractivity (Wildman–Crippen MR) is 161 cm³/mol. The number of rotatable bonds is 13. The molecule has 1 aliphatic heterocycles. The van der Waals surface area contributed by atoms with Crippen molar-refractivity contribution in [2.24, 2.45) is 4.99 Å². The molecule has 1 fully saturated rings. The fourth-order valence-corrected chi connectivity index (χ4v) is 5.07. The molecule has 4 N–H and O–H groups in total. The monoisotopic (exact) mass is 533 g/mol. The Kier molecular flexibility index (Phi) is 8.62. The zero-order valence-electron chi connectivity index (χ0n) is 22.6. The van der Waals surface area contributed by atoms with Crippen LogP contribution in [0.2, 0.25) is 0 Å². The summed E-state index contributed by atoms with van der Waals surface area (Å²) in [5.41, 5.74) is 3.36. The van der Waals surface area contributed by atoms with Gasteiger partial charge in [-0.05, 0) is 40.8 Å². The van der Waals surface area contributed by atoms with Gasteiger partial charge in [-0.15, -0.1) is 0 Å². The number of fused-ring (bicyclic) bond motifs is 1. The summed E-state index contributed by atoms with van der Waals surface area (Å²) in [4.78, 5) is 29.9. The Hall–Kier alpha value is -4.36. The molecule has 0 aromatic heterocycles. The maximum Gasteiger partial charge on any atom is 0.221 e. The number of carbonyl (C=O) groups is 2. The molecule has 2 aliphatic rings. The van der Waals surface area contributed by atoms with Crippen LogP contribution < -0.4 is 16.0 Å². The van der Waals surface area contributed by atoms with Crippen LogP contribution in [-0.2, 0) is 16.8 Å². The summed E-state index contributed by atoms with van der Waals surface area (Å²) >= 11 is 0. The Balaban J connectivity index is 1.11. The van der Waals surface area contributed by atoms with Crippen molar-refractivity contribution in [3.63, 3.8) is 0 Å². The van der Waals surface area contributed by atoms with Gasteiger partial charge in [-0.2, -0.15) is 0 Å². The molecule has 0 bridgehead atoms. The van der Waals surface area contributed by atoms with Gasteiger partial charge in [0.25, 0.3) is 0 Å². The Bertz CT molecular complexity index is 1500. The van der Waals surface area contributed by atoms with Crippen LogP contribution in [0.3, 0.4) is 0 Å². The van der Waals surface area contributed by atoms with Crippen LogP contribution >= 0.6 is 0 Å². The largest absolute Gasteiger partial charge is 0.379 e. The van der Waals surface area contributed by atoms with E-state index in [0.717, 1.165) is 30.6 Å². The Morgan fingerprint density at radius 2 is 1.82 bits per heavy atom. The van der Waals surface area contributed by atoms with Crippen LogP contribution in [0.15, 0.2) is 95.8 Å². The predicted octanol–water partition coefficient (Wildman–Crippen LogP) is 4.83. The van der Waals surface area contributed by atoms with Crippen molar-refractivity contribution < 1.29 is 9.59 Å². The van der Waals surface area contributed by atoms with Crippen LogP contribution in [0.25, 0.3) is 10.8 Å². The highest BCUT2D eigenvalue weighted by Gasteiger charge is 2.45. The zero-order chi connectivity index (χ0) is 27.8. The maximum atomic E-state index is 13.4. The third kappa shape index (κ3) is 6.79. The van der Waals surface area contributed by atoms with Crippen molar-refractivity contribution in [3.05, 3.63) is 107 Å². The average Bonchev–Trinajstić information content (AvgIpc) is 3.78. The maximum absolute atomic E-state index is 13.4. The second kappa shape index (κ2) is 12.7. The van der Waals surface area contributed by atoms with Crippen molar-refractivity contribution in [3.8, 4) is 0 Å². The van der Waals surface area contributed by atoms with Crippen LogP contribution in [-0.4, -0.2) is 43.3 Å². The molecule has 1 saturated carbocycles. The van der Waals surface area contributed by atoms with E-state index in [1.54, 1.807) is 12.3 Å². The van der Waals surface area contributed by atoms with Gasteiger partial charge in [-0.3, -0.25) is 14.6 Å². The summed E-state index contributed by atoms with van der Waals surface area (Å²) in [7, 11) is 0. The molecule has 0 atom stereocenters. The van der Waals surface area contributed by atoms with Crippen LogP contribution in [0.4, 0.5) is 0 Å². The molecule has 5 rings (SSSR count). The van der Waals surface area contributed by atoms with Crippen LogP contribution in [0, 0.1) is 5.41 Å². The standard InChI is InChI=1S/C33H35N5O2/c34-30(21-33(14-15-33)27-12-11-24-6-1-2-7-25(24)20-27)32(40)29-10-4-3-8-26(29)22-38-31(39)13-17-35-16-5-9-28-23-36-18-19-37-28/h1-12,18,20,23,34-35,37H,13-17,19,21-22H2,(H,38,39)/b9-5+,34-30?. The van der Waals surface area contributed by atoms with Gasteiger partial charge in [0.05, 0.1) is 18.0 Å². The third-order valence-electron chi connectivity index (χ3n) is 7.55. The molecule has 1 aliphatic carbocycles. The number of allylic oxidation sites excluding steroid dienone is 1. The summed E-state index contributed by atoms with van der Waals surface area (Å²) in [6.45, 7) is 2.18. The second-order valence-corrected chi connectivity index (χ2v) is 10.4. The lowest BCUT2D eigenvalue weighted by atomic mass is 9.86. The fourth-order valence-electron chi connectivity index (χ4n) is 5.07. The summed E-state index contributed by atoms with van der Waals surface area (Å²) in [6.07, 6.45) is 10.2. The smallest absolute Gasteiger partial charge is 0.221 e. The molecule has 7 heteroatoms. The number of ketones is 1.